The fourth-order valence-corrected chi connectivity index (χ4v) is 3.92. The van der Waals surface area contributed by atoms with E-state index in [4.69, 9.17) is 4.52 Å². The molecule has 10 heteroatoms. The lowest BCUT2D eigenvalue weighted by molar-refractivity contribution is 0.0946. The molecule has 1 aliphatic rings. The van der Waals surface area contributed by atoms with E-state index in [0.29, 0.717) is 33.6 Å². The third kappa shape index (κ3) is 4.62. The lowest BCUT2D eigenvalue weighted by atomic mass is 10.1. The van der Waals surface area contributed by atoms with Crippen LogP contribution in [0.1, 0.15) is 26.5 Å². The Morgan fingerprint density at radius 3 is 2.50 bits per heavy atom. The van der Waals surface area contributed by atoms with Crippen molar-refractivity contribution in [3.63, 3.8) is 0 Å². The number of anilines is 2. The molecule has 1 saturated heterocycles. The van der Waals surface area contributed by atoms with Crippen molar-refractivity contribution >= 4 is 34.2 Å². The number of nitrogens with zero attached hydrogens (tertiary/aromatic N) is 4. The van der Waals surface area contributed by atoms with Crippen LogP contribution < -0.4 is 15.5 Å². The Morgan fingerprint density at radius 2 is 1.76 bits per heavy atom. The van der Waals surface area contributed by atoms with Crippen molar-refractivity contribution in [3.8, 4) is 0 Å². The van der Waals surface area contributed by atoms with Crippen molar-refractivity contribution in [1.29, 1.82) is 0 Å². The van der Waals surface area contributed by atoms with Gasteiger partial charge in [0.05, 0.1) is 18.3 Å². The smallest absolute Gasteiger partial charge is 0.256 e. The lowest BCUT2D eigenvalue weighted by Gasteiger charge is -2.34. The normalized spacial score (nSPS) is 14.3. The zero-order valence-electron chi connectivity index (χ0n) is 18.7. The van der Waals surface area contributed by atoms with Crippen LogP contribution in [-0.4, -0.2) is 65.3 Å². The molecule has 0 saturated carbocycles. The predicted octanol–water partition coefficient (Wildman–Crippen LogP) is 2.48. The van der Waals surface area contributed by atoms with Crippen LogP contribution >= 0.6 is 0 Å². The van der Waals surface area contributed by atoms with Gasteiger partial charge in [0.15, 0.2) is 11.6 Å². The number of nitrogens with one attached hydrogen (secondary N) is 3. The summed E-state index contributed by atoms with van der Waals surface area (Å²) >= 11 is 0. The van der Waals surface area contributed by atoms with E-state index in [1.54, 1.807) is 24.3 Å². The van der Waals surface area contributed by atoms with Crippen LogP contribution in [0.15, 0.2) is 59.3 Å². The highest BCUT2D eigenvalue weighted by Gasteiger charge is 2.17. The summed E-state index contributed by atoms with van der Waals surface area (Å²) in [5, 5.41) is 17.0. The van der Waals surface area contributed by atoms with Crippen molar-refractivity contribution < 1.29 is 14.1 Å². The third-order valence-corrected chi connectivity index (χ3v) is 5.97. The minimum Gasteiger partial charge on any atom is -0.369 e. The van der Waals surface area contributed by atoms with Crippen LogP contribution in [0.3, 0.4) is 0 Å². The molecule has 174 valence electrons. The van der Waals surface area contributed by atoms with Crippen molar-refractivity contribution in [2.75, 3.05) is 43.4 Å². The second kappa shape index (κ2) is 9.36. The monoisotopic (exact) mass is 459 g/mol. The van der Waals surface area contributed by atoms with Crippen LogP contribution in [0.25, 0.3) is 10.9 Å². The van der Waals surface area contributed by atoms with Gasteiger partial charge in [-0.1, -0.05) is 5.16 Å². The second-order valence-corrected chi connectivity index (χ2v) is 8.29. The fraction of sp³-hybridized carbons (Fsp3) is 0.250. The summed E-state index contributed by atoms with van der Waals surface area (Å²) in [6.45, 7) is 4.21. The molecule has 1 aliphatic heterocycles. The minimum atomic E-state index is -0.267. The molecule has 2 aromatic heterocycles. The molecule has 3 N–H and O–H groups in total. The zero-order valence-corrected chi connectivity index (χ0v) is 18.7. The zero-order chi connectivity index (χ0) is 23.5. The summed E-state index contributed by atoms with van der Waals surface area (Å²) < 4.78 is 5.00. The number of carbonyl (C=O) groups is 2. The summed E-state index contributed by atoms with van der Waals surface area (Å²) in [4.78, 5) is 30.0. The van der Waals surface area contributed by atoms with E-state index in [1.807, 2.05) is 24.3 Å². The van der Waals surface area contributed by atoms with Gasteiger partial charge in [-0.15, -0.1) is 0 Å². The van der Waals surface area contributed by atoms with E-state index in [9.17, 15) is 9.59 Å². The third-order valence-electron chi connectivity index (χ3n) is 5.97. The molecular weight excluding hydrogens is 434 g/mol. The maximum atomic E-state index is 12.9. The highest BCUT2D eigenvalue weighted by molar-refractivity contribution is 6.09. The first kappa shape index (κ1) is 21.7. The number of hydrogen-bond acceptors (Lipinski definition) is 7. The summed E-state index contributed by atoms with van der Waals surface area (Å²) in [6.07, 6.45) is 1.52. The Labute approximate surface area is 195 Å². The van der Waals surface area contributed by atoms with Gasteiger partial charge in [-0.2, -0.15) is 5.10 Å². The molecule has 0 aliphatic carbocycles. The van der Waals surface area contributed by atoms with E-state index in [0.717, 1.165) is 31.9 Å². The molecule has 3 heterocycles. The number of amides is 2. The summed E-state index contributed by atoms with van der Waals surface area (Å²) in [5.74, 6) is 0.395. The molecule has 0 spiro atoms. The van der Waals surface area contributed by atoms with Gasteiger partial charge in [0, 0.05) is 54.4 Å². The molecule has 2 amide bonds. The number of H-pyrrole nitrogens is 1. The van der Waals surface area contributed by atoms with Gasteiger partial charge >= 0.3 is 0 Å². The molecule has 2 aromatic carbocycles. The molecule has 34 heavy (non-hydrogen) atoms. The Hall–Kier alpha value is -4.18. The average Bonchev–Trinajstić information content (AvgIpc) is 3.53. The average molecular weight is 460 g/mol. The van der Waals surface area contributed by atoms with Gasteiger partial charge in [0.25, 0.3) is 11.8 Å². The Morgan fingerprint density at radius 1 is 1.00 bits per heavy atom. The highest BCUT2D eigenvalue weighted by atomic mass is 16.5. The minimum absolute atomic E-state index is 0.232. The van der Waals surface area contributed by atoms with Crippen LogP contribution in [0.4, 0.5) is 11.5 Å². The lowest BCUT2D eigenvalue weighted by Crippen LogP contribution is -2.44. The first-order valence-electron chi connectivity index (χ1n) is 11.1. The van der Waals surface area contributed by atoms with Crippen molar-refractivity contribution in [1.82, 2.24) is 25.6 Å². The topological polar surface area (TPSA) is 119 Å². The van der Waals surface area contributed by atoms with Gasteiger partial charge in [-0.05, 0) is 49.5 Å². The van der Waals surface area contributed by atoms with Crippen LogP contribution in [-0.2, 0) is 6.54 Å². The maximum Gasteiger partial charge on any atom is 0.256 e. The molecule has 0 unspecified atom stereocenters. The molecule has 0 bridgehead atoms. The standard InChI is InChI=1S/C24H25N7O3/c1-30-10-12-31(13-11-30)18-5-2-16(3-6-18)24(33)27-22-20-14-17(4-7-21(20)28-29-22)23(32)25-15-19-8-9-26-34-19/h2-9,14H,10-13,15H2,1H3,(H,25,32)(H2,27,28,29,33). The van der Waals surface area contributed by atoms with E-state index in [-0.39, 0.29) is 18.4 Å². The molecule has 0 radical (unpaired) electrons. The number of carbonyl (C=O) groups excluding carboxylic acids is 2. The molecule has 4 aromatic rings. The molecule has 5 rings (SSSR count). The number of aromatic nitrogens is 3. The van der Waals surface area contributed by atoms with E-state index < -0.39 is 0 Å². The first-order valence-corrected chi connectivity index (χ1v) is 11.1. The number of likely N-dealkylation sites (N-methyl/N-ethyl adjacent to an activating group) is 1. The van der Waals surface area contributed by atoms with E-state index in [2.05, 4.69) is 42.8 Å². The predicted molar refractivity (Wildman–Crippen MR) is 128 cm³/mol. The van der Waals surface area contributed by atoms with Crippen LogP contribution in [0.2, 0.25) is 0 Å². The Kier molecular flexibility index (Phi) is 5.96. The number of aromatic amines is 1. The second-order valence-electron chi connectivity index (χ2n) is 8.29. The van der Waals surface area contributed by atoms with Gasteiger partial charge in [-0.25, -0.2) is 0 Å². The molecule has 10 nitrogen and oxygen atoms in total. The van der Waals surface area contributed by atoms with Gasteiger partial charge in [0.1, 0.15) is 0 Å². The maximum absolute atomic E-state index is 12.9. The SMILES string of the molecule is CN1CCN(c2ccc(C(=O)Nc3n[nH]c4ccc(C(=O)NCc5ccno5)cc34)cc2)CC1. The largest absolute Gasteiger partial charge is 0.369 e. The van der Waals surface area contributed by atoms with Gasteiger partial charge in [0.2, 0.25) is 0 Å². The summed E-state index contributed by atoms with van der Waals surface area (Å²) in [7, 11) is 2.12. The molecule has 0 atom stereocenters. The van der Waals surface area contributed by atoms with Crippen molar-refractivity contribution in [3.05, 3.63) is 71.6 Å². The van der Waals surface area contributed by atoms with E-state index in [1.165, 1.54) is 6.20 Å². The number of benzene rings is 2. The molecular formula is C24H25N7O3. The summed E-state index contributed by atoms with van der Waals surface area (Å²) in [6, 6.07) is 14.4. The fourth-order valence-electron chi connectivity index (χ4n) is 3.92. The van der Waals surface area contributed by atoms with Crippen LogP contribution in [0.5, 0.6) is 0 Å². The molecule has 1 fully saturated rings. The van der Waals surface area contributed by atoms with Crippen molar-refractivity contribution in [2.45, 2.75) is 6.54 Å². The van der Waals surface area contributed by atoms with E-state index >= 15 is 0 Å². The number of hydrogen-bond donors (Lipinski definition) is 3. The number of fused-ring (bicyclic) bond motifs is 1. The Balaban J connectivity index is 1.27. The van der Waals surface area contributed by atoms with Crippen LogP contribution in [0, 0.1) is 0 Å². The number of piperazine rings is 1. The summed E-state index contributed by atoms with van der Waals surface area (Å²) in [5.41, 5.74) is 2.80. The first-order chi connectivity index (χ1) is 16.6. The number of rotatable bonds is 6. The Bertz CT molecular complexity index is 1290. The quantitative estimate of drug-likeness (QED) is 0.405. The van der Waals surface area contributed by atoms with Gasteiger partial charge in [-0.3, -0.25) is 14.7 Å². The van der Waals surface area contributed by atoms with Gasteiger partial charge < -0.3 is 25.0 Å². The highest BCUT2D eigenvalue weighted by Crippen LogP contribution is 2.23. The van der Waals surface area contributed by atoms with Crippen molar-refractivity contribution in [2.24, 2.45) is 0 Å².